The number of anilines is 3. The summed E-state index contributed by atoms with van der Waals surface area (Å²) in [5, 5.41) is 9.46. The minimum absolute atomic E-state index is 0.0347. The van der Waals surface area contributed by atoms with E-state index in [-0.39, 0.29) is 5.69 Å². The molecule has 37 heavy (non-hydrogen) atoms. The van der Waals surface area contributed by atoms with Crippen LogP contribution in [0.4, 0.5) is 35.2 Å². The van der Waals surface area contributed by atoms with Gasteiger partial charge in [0.05, 0.1) is 24.5 Å². The first-order chi connectivity index (χ1) is 17.8. The molecule has 0 radical (unpaired) electrons. The van der Waals surface area contributed by atoms with Crippen molar-refractivity contribution in [2.24, 2.45) is 0 Å². The van der Waals surface area contributed by atoms with E-state index in [1.807, 2.05) is 18.2 Å². The van der Waals surface area contributed by atoms with Crippen molar-refractivity contribution in [2.75, 3.05) is 42.7 Å². The Hall–Kier alpha value is -4.16. The third kappa shape index (κ3) is 5.49. The van der Waals surface area contributed by atoms with Crippen LogP contribution in [0.25, 0.3) is 16.6 Å². The Kier molecular flexibility index (Phi) is 6.68. The summed E-state index contributed by atoms with van der Waals surface area (Å²) < 4.78 is 46.0. The van der Waals surface area contributed by atoms with Gasteiger partial charge in [0.25, 0.3) is 0 Å². The summed E-state index contributed by atoms with van der Waals surface area (Å²) in [7, 11) is 0. The second-order valence-electron chi connectivity index (χ2n) is 8.58. The Morgan fingerprint density at radius 2 is 1.76 bits per heavy atom. The Balaban J connectivity index is 1.33. The zero-order chi connectivity index (χ0) is 26.0. The van der Waals surface area contributed by atoms with E-state index in [2.05, 4.69) is 25.6 Å². The maximum atomic E-state index is 12.9. The van der Waals surface area contributed by atoms with Gasteiger partial charge in [-0.3, -0.25) is 4.90 Å². The Labute approximate surface area is 210 Å². The molecule has 1 aliphatic rings. The van der Waals surface area contributed by atoms with Gasteiger partial charge in [-0.2, -0.15) is 18.3 Å². The predicted octanol–water partition coefficient (Wildman–Crippen LogP) is 4.47. The topological polar surface area (TPSA) is 110 Å². The number of halogens is 3. The van der Waals surface area contributed by atoms with Gasteiger partial charge >= 0.3 is 12.2 Å². The number of alkyl halides is 3. The summed E-state index contributed by atoms with van der Waals surface area (Å²) in [5.41, 5.74) is 9.21. The highest BCUT2D eigenvalue weighted by Crippen LogP contribution is 2.32. The number of benzene rings is 2. The highest BCUT2D eigenvalue weighted by Gasteiger charge is 2.30. The highest BCUT2D eigenvalue weighted by atomic mass is 19.4. The molecule has 1 fully saturated rings. The van der Waals surface area contributed by atoms with Crippen molar-refractivity contribution in [3.05, 3.63) is 72.2 Å². The number of aromatic nitrogens is 3. The number of nitrogens with one attached hydrogen (secondary N) is 2. The van der Waals surface area contributed by atoms with Gasteiger partial charge in [0.2, 0.25) is 0 Å². The minimum atomic E-state index is -4.50. The van der Waals surface area contributed by atoms with Gasteiger partial charge in [-0.1, -0.05) is 18.2 Å². The van der Waals surface area contributed by atoms with Gasteiger partial charge in [-0.25, -0.2) is 14.3 Å². The number of carbonyl (C=O) groups is 1. The molecule has 2 aromatic heterocycles. The Morgan fingerprint density at radius 1 is 1.03 bits per heavy atom. The molecule has 0 unspecified atom stereocenters. The van der Waals surface area contributed by atoms with Gasteiger partial charge in [0, 0.05) is 36.6 Å². The first kappa shape index (κ1) is 24.5. The number of urea groups is 1. The monoisotopic (exact) mass is 511 g/mol. The molecular formula is C25H24F3N7O2. The molecule has 3 heterocycles. The van der Waals surface area contributed by atoms with E-state index in [1.54, 1.807) is 16.6 Å². The van der Waals surface area contributed by atoms with Crippen LogP contribution in [-0.2, 0) is 17.5 Å². The van der Waals surface area contributed by atoms with Crippen molar-refractivity contribution in [1.29, 1.82) is 0 Å². The van der Waals surface area contributed by atoms with Crippen LogP contribution in [0.5, 0.6) is 0 Å². The fraction of sp³-hybridized carbons (Fsp3) is 0.240. The van der Waals surface area contributed by atoms with Gasteiger partial charge in [-0.15, -0.1) is 0 Å². The Bertz CT molecular complexity index is 1410. The van der Waals surface area contributed by atoms with E-state index < -0.39 is 17.8 Å². The van der Waals surface area contributed by atoms with Crippen molar-refractivity contribution in [3.8, 4) is 11.1 Å². The average molecular weight is 512 g/mol. The molecule has 2 aromatic carbocycles. The molecule has 2 amide bonds. The predicted molar refractivity (Wildman–Crippen MR) is 133 cm³/mol. The number of rotatable bonds is 5. The number of fused-ring (bicyclic) bond motifs is 1. The van der Waals surface area contributed by atoms with E-state index in [0.29, 0.717) is 36.8 Å². The number of amides is 2. The molecule has 0 saturated carbocycles. The van der Waals surface area contributed by atoms with Crippen molar-refractivity contribution in [2.45, 2.75) is 12.7 Å². The minimum Gasteiger partial charge on any atom is -0.382 e. The van der Waals surface area contributed by atoms with Gasteiger partial charge in [0.1, 0.15) is 11.8 Å². The van der Waals surface area contributed by atoms with E-state index in [1.165, 1.54) is 18.5 Å². The van der Waals surface area contributed by atoms with Crippen LogP contribution < -0.4 is 16.4 Å². The molecule has 9 nitrogen and oxygen atoms in total. The smallest absolute Gasteiger partial charge is 0.382 e. The van der Waals surface area contributed by atoms with Crippen LogP contribution in [0.2, 0.25) is 0 Å². The highest BCUT2D eigenvalue weighted by molar-refractivity contribution is 6.00. The third-order valence-electron chi connectivity index (χ3n) is 6.05. The summed E-state index contributed by atoms with van der Waals surface area (Å²) in [4.78, 5) is 18.8. The zero-order valence-corrected chi connectivity index (χ0v) is 19.6. The summed E-state index contributed by atoms with van der Waals surface area (Å²) in [6.45, 7) is 3.70. The van der Waals surface area contributed by atoms with Crippen molar-refractivity contribution in [1.82, 2.24) is 19.5 Å². The molecule has 192 valence electrons. The molecule has 4 aromatic rings. The van der Waals surface area contributed by atoms with Crippen LogP contribution in [0.1, 0.15) is 11.3 Å². The number of hydrogen-bond donors (Lipinski definition) is 3. The molecule has 4 N–H and O–H groups in total. The lowest BCUT2D eigenvalue weighted by Crippen LogP contribution is -2.36. The lowest BCUT2D eigenvalue weighted by atomic mass is 10.1. The number of nitrogens with zero attached hydrogens (tertiary/aromatic N) is 4. The lowest BCUT2D eigenvalue weighted by molar-refractivity contribution is -0.137. The van der Waals surface area contributed by atoms with E-state index in [9.17, 15) is 18.0 Å². The number of nitrogen functional groups attached to an aromatic ring is 1. The number of hydrogen-bond acceptors (Lipinski definition) is 6. The molecule has 12 heteroatoms. The summed E-state index contributed by atoms with van der Waals surface area (Å²) in [6, 6.07) is 12.8. The van der Waals surface area contributed by atoms with Crippen LogP contribution in [0.15, 0.2) is 60.9 Å². The van der Waals surface area contributed by atoms with Crippen molar-refractivity contribution in [3.63, 3.8) is 0 Å². The number of ether oxygens (including phenoxy) is 1. The van der Waals surface area contributed by atoms with E-state index >= 15 is 0 Å². The number of nitrogens with two attached hydrogens (primary N) is 1. The molecule has 5 rings (SSSR count). The van der Waals surface area contributed by atoms with Crippen LogP contribution in [0.3, 0.4) is 0 Å². The fourth-order valence-electron chi connectivity index (χ4n) is 4.25. The quantitative estimate of drug-likeness (QED) is 0.365. The lowest BCUT2D eigenvalue weighted by Gasteiger charge is -2.26. The molecule has 0 aliphatic carbocycles. The largest absolute Gasteiger partial charge is 0.416 e. The summed E-state index contributed by atoms with van der Waals surface area (Å²) in [5.74, 6) is 0.348. The summed E-state index contributed by atoms with van der Waals surface area (Å²) >= 11 is 0. The molecule has 0 spiro atoms. The zero-order valence-electron chi connectivity index (χ0n) is 19.6. The molecular weight excluding hydrogens is 487 g/mol. The molecule has 0 atom stereocenters. The average Bonchev–Trinajstić information content (AvgIpc) is 3.24. The van der Waals surface area contributed by atoms with Crippen molar-refractivity contribution < 1.29 is 22.7 Å². The molecule has 1 aliphatic heterocycles. The van der Waals surface area contributed by atoms with Gasteiger partial charge in [0.15, 0.2) is 5.82 Å². The maximum absolute atomic E-state index is 12.9. The first-order valence-corrected chi connectivity index (χ1v) is 11.5. The fourth-order valence-corrected chi connectivity index (χ4v) is 4.25. The third-order valence-corrected chi connectivity index (χ3v) is 6.05. The second kappa shape index (κ2) is 10.1. The number of morpholine rings is 1. The van der Waals surface area contributed by atoms with Crippen molar-refractivity contribution >= 4 is 28.7 Å². The van der Waals surface area contributed by atoms with Crippen LogP contribution >= 0.6 is 0 Å². The Morgan fingerprint density at radius 3 is 2.49 bits per heavy atom. The summed E-state index contributed by atoms with van der Waals surface area (Å²) in [6.07, 6.45) is -3.07. The second-order valence-corrected chi connectivity index (χ2v) is 8.58. The van der Waals surface area contributed by atoms with E-state index in [4.69, 9.17) is 10.5 Å². The van der Waals surface area contributed by atoms with Gasteiger partial charge < -0.3 is 21.1 Å². The normalized spacial score (nSPS) is 14.6. The van der Waals surface area contributed by atoms with Crippen LogP contribution in [-0.4, -0.2) is 51.8 Å². The standard InChI is InChI=1S/C25H24F3N7O2/c26-25(27,28)17-2-1-3-19(12-17)33-24(36)32-18-6-4-16(5-7-18)21-13-20(14-34-8-10-37-11-9-34)35-22(21)23(29)30-15-31-35/h1-7,12-13,15H,8-11,14H2,(H2,29,30,31)(H2,32,33,36). The molecule has 1 saturated heterocycles. The van der Waals surface area contributed by atoms with E-state index in [0.717, 1.165) is 42.0 Å². The van der Waals surface area contributed by atoms with Crippen LogP contribution in [0, 0.1) is 0 Å². The maximum Gasteiger partial charge on any atom is 0.416 e. The molecule has 0 bridgehead atoms. The SMILES string of the molecule is Nc1ncnn2c(CN3CCOCC3)cc(-c3ccc(NC(=O)Nc4cccc(C(F)(F)F)c4)cc3)c12. The van der Waals surface area contributed by atoms with Gasteiger partial charge in [-0.05, 0) is 42.0 Å². The first-order valence-electron chi connectivity index (χ1n) is 11.5. The number of carbonyl (C=O) groups excluding carboxylic acids is 1.